The largest absolute Gasteiger partial charge is 0.444 e. The third kappa shape index (κ3) is 6.04. The van der Waals surface area contributed by atoms with Crippen molar-refractivity contribution in [3.8, 4) is 0 Å². The summed E-state index contributed by atoms with van der Waals surface area (Å²) in [5.41, 5.74) is 3.17. The molecule has 3 aromatic carbocycles. The van der Waals surface area contributed by atoms with E-state index in [1.165, 1.54) is 0 Å². The molecule has 0 aliphatic carbocycles. The molecule has 4 rings (SSSR count). The summed E-state index contributed by atoms with van der Waals surface area (Å²) in [6.45, 7) is 5.53. The van der Waals surface area contributed by atoms with Gasteiger partial charge in [0.05, 0.1) is 12.6 Å². The molecular formula is C29H33NO4. The molecule has 178 valence electrons. The number of rotatable bonds is 9. The number of benzene rings is 3. The average molecular weight is 460 g/mol. The molecule has 1 amide bonds. The Balaban J connectivity index is 1.41. The Kier molecular flexibility index (Phi) is 8.34. The molecule has 1 aliphatic heterocycles. The molecule has 0 aromatic heterocycles. The van der Waals surface area contributed by atoms with Gasteiger partial charge in [-0.15, -0.1) is 0 Å². The van der Waals surface area contributed by atoms with Crippen LogP contribution in [0.25, 0.3) is 0 Å². The van der Waals surface area contributed by atoms with Gasteiger partial charge in [0.25, 0.3) is 0 Å². The van der Waals surface area contributed by atoms with E-state index >= 15 is 0 Å². The van der Waals surface area contributed by atoms with E-state index in [0.717, 1.165) is 23.1 Å². The molecule has 1 heterocycles. The maximum absolute atomic E-state index is 13.2. The third-order valence-corrected chi connectivity index (χ3v) is 6.30. The molecule has 5 nitrogen and oxygen atoms in total. The lowest BCUT2D eigenvalue weighted by Gasteiger charge is -2.29. The number of hydrogen-bond acceptors (Lipinski definition) is 4. The van der Waals surface area contributed by atoms with E-state index in [-0.39, 0.29) is 37.0 Å². The number of carbonyl (C=O) groups is 1. The van der Waals surface area contributed by atoms with Crippen LogP contribution >= 0.6 is 0 Å². The van der Waals surface area contributed by atoms with Crippen LogP contribution in [0.3, 0.4) is 0 Å². The molecule has 0 radical (unpaired) electrons. The van der Waals surface area contributed by atoms with Crippen molar-refractivity contribution in [3.05, 3.63) is 108 Å². The molecule has 1 unspecified atom stereocenters. The number of amides is 1. The SMILES string of the molecule is C[C@@H](CCOCc1ccccc1)C1O[C@H](c2ccccc2)[C@H](C)N1C(=O)OCc1ccccc1. The molecule has 34 heavy (non-hydrogen) atoms. The zero-order valence-corrected chi connectivity index (χ0v) is 19.9. The van der Waals surface area contributed by atoms with Crippen LogP contribution in [0.2, 0.25) is 0 Å². The lowest BCUT2D eigenvalue weighted by atomic mass is 10.0. The average Bonchev–Trinajstić information content (AvgIpc) is 3.24. The highest BCUT2D eigenvalue weighted by molar-refractivity contribution is 5.69. The number of carbonyl (C=O) groups excluding carboxylic acids is 1. The van der Waals surface area contributed by atoms with Gasteiger partial charge in [-0.3, -0.25) is 4.90 Å². The van der Waals surface area contributed by atoms with E-state index in [0.29, 0.717) is 13.2 Å². The smallest absolute Gasteiger partial charge is 0.412 e. The fraction of sp³-hybridized carbons (Fsp3) is 0.345. The molecule has 0 N–H and O–H groups in total. The monoisotopic (exact) mass is 459 g/mol. The Morgan fingerprint density at radius 3 is 2.06 bits per heavy atom. The molecule has 5 heteroatoms. The fourth-order valence-electron chi connectivity index (χ4n) is 4.36. The zero-order valence-electron chi connectivity index (χ0n) is 19.9. The van der Waals surface area contributed by atoms with Crippen LogP contribution in [0.15, 0.2) is 91.0 Å². The summed E-state index contributed by atoms with van der Waals surface area (Å²) < 4.78 is 18.1. The first kappa shape index (κ1) is 24.0. The minimum Gasteiger partial charge on any atom is -0.444 e. The first-order valence-corrected chi connectivity index (χ1v) is 11.9. The van der Waals surface area contributed by atoms with Crippen molar-refractivity contribution < 1.29 is 19.0 Å². The third-order valence-electron chi connectivity index (χ3n) is 6.30. The Labute approximate surface area is 202 Å². The Morgan fingerprint density at radius 1 is 0.882 bits per heavy atom. The number of nitrogens with zero attached hydrogens (tertiary/aromatic N) is 1. The lowest BCUT2D eigenvalue weighted by Crippen LogP contribution is -2.44. The van der Waals surface area contributed by atoms with Gasteiger partial charge in [0, 0.05) is 12.5 Å². The predicted molar refractivity (Wildman–Crippen MR) is 132 cm³/mol. The summed E-state index contributed by atoms with van der Waals surface area (Å²) in [5.74, 6) is 0.0798. The molecule has 4 atom stereocenters. The highest BCUT2D eigenvalue weighted by atomic mass is 16.6. The topological polar surface area (TPSA) is 48.0 Å². The number of hydrogen-bond donors (Lipinski definition) is 0. The molecule has 1 aliphatic rings. The van der Waals surface area contributed by atoms with Crippen molar-refractivity contribution in [2.24, 2.45) is 5.92 Å². The Morgan fingerprint density at radius 2 is 1.44 bits per heavy atom. The molecular weight excluding hydrogens is 426 g/mol. The van der Waals surface area contributed by atoms with Gasteiger partial charge in [0.1, 0.15) is 18.9 Å². The number of ether oxygens (including phenoxy) is 3. The summed E-state index contributed by atoms with van der Waals surface area (Å²) in [7, 11) is 0. The minimum atomic E-state index is -0.385. The Bertz CT molecular complexity index is 1010. The van der Waals surface area contributed by atoms with E-state index < -0.39 is 0 Å². The van der Waals surface area contributed by atoms with Crippen LogP contribution in [-0.2, 0) is 27.4 Å². The van der Waals surface area contributed by atoms with E-state index in [4.69, 9.17) is 14.2 Å². The quantitative estimate of drug-likeness (QED) is 0.350. The van der Waals surface area contributed by atoms with Crippen molar-refractivity contribution in [2.75, 3.05) is 6.61 Å². The van der Waals surface area contributed by atoms with E-state index in [1.807, 2.05) is 85.8 Å². The second-order valence-electron chi connectivity index (χ2n) is 8.85. The van der Waals surface area contributed by atoms with Gasteiger partial charge in [-0.1, -0.05) is 97.9 Å². The summed E-state index contributed by atoms with van der Waals surface area (Å²) in [5, 5.41) is 0. The minimum absolute atomic E-state index is 0.0798. The van der Waals surface area contributed by atoms with Crippen LogP contribution in [0.5, 0.6) is 0 Å². The van der Waals surface area contributed by atoms with Crippen molar-refractivity contribution in [2.45, 2.75) is 51.9 Å². The molecule has 0 saturated carbocycles. The van der Waals surface area contributed by atoms with Gasteiger partial charge >= 0.3 is 6.09 Å². The Hall–Kier alpha value is -3.15. The van der Waals surface area contributed by atoms with Crippen LogP contribution in [0.1, 0.15) is 43.1 Å². The van der Waals surface area contributed by atoms with E-state index in [1.54, 1.807) is 4.90 Å². The van der Waals surface area contributed by atoms with Crippen LogP contribution in [0.4, 0.5) is 4.79 Å². The van der Waals surface area contributed by atoms with Gasteiger partial charge in [0.2, 0.25) is 0 Å². The maximum atomic E-state index is 13.2. The second kappa shape index (κ2) is 11.8. The molecule has 1 saturated heterocycles. The summed E-state index contributed by atoms with van der Waals surface area (Å²) in [6, 6.07) is 29.8. The standard InChI is InChI=1S/C29H33NO4/c1-22(18-19-32-20-24-12-6-3-7-13-24)28-30(29(31)33-21-25-14-8-4-9-15-25)23(2)27(34-28)26-16-10-5-11-17-26/h3-17,22-23,27-28H,18-21H2,1-2H3/t22-,23-,27-,28?/m0/s1. The summed E-state index contributed by atoms with van der Waals surface area (Å²) in [4.78, 5) is 15.0. The van der Waals surface area contributed by atoms with E-state index in [9.17, 15) is 4.79 Å². The molecule has 3 aromatic rings. The first-order valence-electron chi connectivity index (χ1n) is 11.9. The van der Waals surface area contributed by atoms with Crippen LogP contribution in [-0.4, -0.2) is 29.9 Å². The summed E-state index contributed by atoms with van der Waals surface area (Å²) in [6.07, 6.45) is -0.169. The van der Waals surface area contributed by atoms with Crippen molar-refractivity contribution in [1.82, 2.24) is 4.90 Å². The maximum Gasteiger partial charge on any atom is 0.412 e. The molecule has 0 bridgehead atoms. The van der Waals surface area contributed by atoms with E-state index in [2.05, 4.69) is 19.1 Å². The van der Waals surface area contributed by atoms with Gasteiger partial charge in [-0.05, 0) is 30.0 Å². The highest BCUT2D eigenvalue weighted by Gasteiger charge is 2.46. The van der Waals surface area contributed by atoms with Gasteiger partial charge in [0.15, 0.2) is 0 Å². The second-order valence-corrected chi connectivity index (χ2v) is 8.85. The van der Waals surface area contributed by atoms with Crippen molar-refractivity contribution >= 4 is 6.09 Å². The molecule has 1 fully saturated rings. The van der Waals surface area contributed by atoms with Crippen LogP contribution < -0.4 is 0 Å². The van der Waals surface area contributed by atoms with Crippen molar-refractivity contribution in [3.63, 3.8) is 0 Å². The zero-order chi connectivity index (χ0) is 23.8. The van der Waals surface area contributed by atoms with Gasteiger partial charge < -0.3 is 14.2 Å². The molecule has 0 spiro atoms. The van der Waals surface area contributed by atoms with Crippen molar-refractivity contribution in [1.29, 1.82) is 0 Å². The predicted octanol–water partition coefficient (Wildman–Crippen LogP) is 6.35. The highest BCUT2D eigenvalue weighted by Crippen LogP contribution is 2.38. The first-order chi connectivity index (χ1) is 16.6. The van der Waals surface area contributed by atoms with Gasteiger partial charge in [-0.2, -0.15) is 0 Å². The van der Waals surface area contributed by atoms with Crippen LogP contribution in [0, 0.1) is 5.92 Å². The fourth-order valence-corrected chi connectivity index (χ4v) is 4.36. The van der Waals surface area contributed by atoms with Gasteiger partial charge in [-0.25, -0.2) is 4.79 Å². The summed E-state index contributed by atoms with van der Waals surface area (Å²) >= 11 is 0. The normalized spacial score (nSPS) is 20.8. The lowest BCUT2D eigenvalue weighted by molar-refractivity contribution is -0.0433.